The average molecular weight is 425 g/mol. The van der Waals surface area contributed by atoms with E-state index in [4.69, 9.17) is 20.7 Å². The molecule has 1 aromatic heterocycles. The molecule has 0 saturated carbocycles. The van der Waals surface area contributed by atoms with Crippen LogP contribution in [-0.2, 0) is 14.3 Å². The van der Waals surface area contributed by atoms with E-state index in [-0.39, 0.29) is 12.1 Å². The fourth-order valence-corrected chi connectivity index (χ4v) is 3.44. The van der Waals surface area contributed by atoms with E-state index in [1.807, 2.05) is 0 Å². The van der Waals surface area contributed by atoms with Crippen molar-refractivity contribution in [1.82, 2.24) is 4.57 Å². The largest absolute Gasteiger partial charge is 0.456 e. The molecule has 166 valence electrons. The summed E-state index contributed by atoms with van der Waals surface area (Å²) < 4.78 is 27.3. The van der Waals surface area contributed by atoms with Crippen LogP contribution in [0.3, 0.4) is 0 Å². The lowest BCUT2D eigenvalue weighted by Gasteiger charge is -2.30. The molecule has 1 aromatic rings. The van der Waals surface area contributed by atoms with Gasteiger partial charge in [0.05, 0.1) is 13.2 Å². The smallest absolute Gasteiger partial charge is 0.306 e. The molecule has 11 heteroatoms. The third-order valence-corrected chi connectivity index (χ3v) is 5.09. The van der Waals surface area contributed by atoms with Crippen LogP contribution in [0.2, 0.25) is 0 Å². The minimum atomic E-state index is -1.98. The van der Waals surface area contributed by atoms with Crippen molar-refractivity contribution in [2.24, 2.45) is 5.11 Å². The summed E-state index contributed by atoms with van der Waals surface area (Å²) in [6.07, 6.45) is 0.882. The van der Waals surface area contributed by atoms with E-state index >= 15 is 4.39 Å². The molecule has 1 aliphatic heterocycles. The molecule has 0 unspecified atom stereocenters. The number of aliphatic hydroxyl groups is 1. The number of rotatable bonds is 11. The van der Waals surface area contributed by atoms with Crippen LogP contribution in [0.25, 0.3) is 10.4 Å². The van der Waals surface area contributed by atoms with Crippen molar-refractivity contribution >= 4 is 11.7 Å². The van der Waals surface area contributed by atoms with Crippen molar-refractivity contribution in [3.63, 3.8) is 0 Å². The first-order valence-electron chi connectivity index (χ1n) is 9.99. The van der Waals surface area contributed by atoms with Gasteiger partial charge in [-0.1, -0.05) is 37.7 Å². The first kappa shape index (κ1) is 23.7. The number of hydrogen-bond acceptors (Lipinski definition) is 7. The van der Waals surface area contributed by atoms with E-state index in [1.54, 1.807) is 0 Å². The number of nitrogens with zero attached hydrogens (tertiary/aromatic N) is 4. The predicted molar refractivity (Wildman–Crippen MR) is 107 cm³/mol. The average Bonchev–Trinajstić information content (AvgIpc) is 2.98. The minimum absolute atomic E-state index is 0.0858. The number of anilines is 1. The second-order valence-corrected chi connectivity index (χ2v) is 7.34. The van der Waals surface area contributed by atoms with Crippen molar-refractivity contribution in [1.29, 1.82) is 0 Å². The Morgan fingerprint density at radius 3 is 2.83 bits per heavy atom. The summed E-state index contributed by atoms with van der Waals surface area (Å²) in [5, 5.41) is 13.3. The van der Waals surface area contributed by atoms with Gasteiger partial charge in [-0.2, -0.15) is 0 Å². The summed E-state index contributed by atoms with van der Waals surface area (Å²) in [7, 11) is 0. The van der Waals surface area contributed by atoms with Crippen LogP contribution in [-0.4, -0.2) is 46.7 Å². The molecular weight excluding hydrogens is 397 g/mol. The summed E-state index contributed by atoms with van der Waals surface area (Å²) >= 11 is 0. The third kappa shape index (κ3) is 5.50. The maximum Gasteiger partial charge on any atom is 0.306 e. The number of pyridine rings is 1. The lowest BCUT2D eigenvalue weighted by atomic mass is 9.96. The number of nitrogens with two attached hydrogens (primary N) is 1. The highest BCUT2D eigenvalue weighted by molar-refractivity contribution is 5.69. The Morgan fingerprint density at radius 1 is 1.47 bits per heavy atom. The SMILES string of the molecule is CCCCCCCC(=O)O[C@H]1[C@@H](F)[C@H](n2ccc(N)cc2=O)O[C@@]1(CO)CN=[N+]=[N-]. The Hall–Kier alpha value is -2.62. The first-order chi connectivity index (χ1) is 14.4. The number of carbonyl (C=O) groups is 1. The molecule has 2 heterocycles. The van der Waals surface area contributed by atoms with Crippen LogP contribution < -0.4 is 11.3 Å². The molecule has 0 aromatic carbocycles. The Bertz CT molecular complexity index is 828. The van der Waals surface area contributed by atoms with Gasteiger partial charge in [0.15, 0.2) is 18.5 Å². The zero-order valence-electron chi connectivity index (χ0n) is 16.9. The van der Waals surface area contributed by atoms with Crippen LogP contribution in [0.4, 0.5) is 10.1 Å². The fourth-order valence-electron chi connectivity index (χ4n) is 3.44. The number of nitrogen functional groups attached to an aromatic ring is 1. The summed E-state index contributed by atoms with van der Waals surface area (Å²) in [4.78, 5) is 27.1. The Kier molecular flexibility index (Phi) is 8.64. The van der Waals surface area contributed by atoms with Gasteiger partial charge in [-0.05, 0) is 18.0 Å². The van der Waals surface area contributed by atoms with E-state index in [0.29, 0.717) is 6.42 Å². The zero-order chi connectivity index (χ0) is 22.1. The van der Waals surface area contributed by atoms with Gasteiger partial charge in [0.25, 0.3) is 5.56 Å². The molecule has 0 spiro atoms. The molecule has 1 fully saturated rings. The normalized spacial score (nSPS) is 25.6. The molecule has 0 radical (unpaired) electrons. The maximum absolute atomic E-state index is 15.3. The van der Waals surface area contributed by atoms with Crippen molar-refractivity contribution in [2.75, 3.05) is 18.9 Å². The Morgan fingerprint density at radius 2 is 2.20 bits per heavy atom. The Labute approximate surface area is 173 Å². The van der Waals surface area contributed by atoms with Gasteiger partial charge < -0.3 is 20.3 Å². The minimum Gasteiger partial charge on any atom is -0.456 e. The van der Waals surface area contributed by atoms with Gasteiger partial charge in [-0.15, -0.1) is 0 Å². The highest BCUT2D eigenvalue weighted by atomic mass is 19.1. The van der Waals surface area contributed by atoms with Crippen LogP contribution in [0.5, 0.6) is 0 Å². The number of alkyl halides is 1. The molecular formula is C19H28FN5O5. The number of esters is 1. The number of ether oxygens (including phenoxy) is 2. The highest BCUT2D eigenvalue weighted by Gasteiger charge is 2.58. The summed E-state index contributed by atoms with van der Waals surface area (Å²) in [6, 6.07) is 2.49. The van der Waals surface area contributed by atoms with Crippen LogP contribution in [0.15, 0.2) is 28.2 Å². The van der Waals surface area contributed by atoms with Crippen LogP contribution >= 0.6 is 0 Å². The van der Waals surface area contributed by atoms with Gasteiger partial charge in [-0.3, -0.25) is 14.2 Å². The van der Waals surface area contributed by atoms with E-state index in [9.17, 15) is 14.7 Å². The number of aliphatic hydroxyl groups excluding tert-OH is 1. The molecule has 4 atom stereocenters. The van der Waals surface area contributed by atoms with Gasteiger partial charge in [0.2, 0.25) is 0 Å². The number of unbranched alkanes of at least 4 members (excludes halogenated alkanes) is 4. The van der Waals surface area contributed by atoms with Gasteiger partial charge in [0, 0.05) is 29.3 Å². The molecule has 3 N–H and O–H groups in total. The molecule has 2 rings (SSSR count). The fraction of sp³-hybridized carbons (Fsp3) is 0.684. The zero-order valence-corrected chi connectivity index (χ0v) is 16.9. The van der Waals surface area contributed by atoms with Gasteiger partial charge >= 0.3 is 5.97 Å². The Balaban J connectivity index is 2.21. The number of aromatic nitrogens is 1. The van der Waals surface area contributed by atoms with Crippen molar-refractivity contribution in [3.8, 4) is 0 Å². The third-order valence-electron chi connectivity index (χ3n) is 5.09. The van der Waals surface area contributed by atoms with Crippen LogP contribution in [0.1, 0.15) is 51.7 Å². The molecule has 10 nitrogen and oxygen atoms in total. The summed E-state index contributed by atoms with van der Waals surface area (Å²) in [5.74, 6) is -0.646. The van der Waals surface area contributed by atoms with Crippen molar-refractivity contribution in [3.05, 3.63) is 39.1 Å². The molecule has 0 aliphatic carbocycles. The lowest BCUT2D eigenvalue weighted by Crippen LogP contribution is -2.50. The number of azide groups is 1. The lowest BCUT2D eigenvalue weighted by molar-refractivity contribution is -0.167. The molecule has 1 aliphatic rings. The molecule has 30 heavy (non-hydrogen) atoms. The number of halogens is 1. The molecule has 0 bridgehead atoms. The summed E-state index contributed by atoms with van der Waals surface area (Å²) in [5.41, 5.74) is 12.0. The van der Waals surface area contributed by atoms with E-state index in [2.05, 4.69) is 16.9 Å². The predicted octanol–water partition coefficient (Wildman–Crippen LogP) is 2.61. The number of carbonyl (C=O) groups excluding carboxylic acids is 1. The summed E-state index contributed by atoms with van der Waals surface area (Å²) in [6.45, 7) is 0.826. The second kappa shape index (κ2) is 11.0. The van der Waals surface area contributed by atoms with Gasteiger partial charge in [-0.25, -0.2) is 4.39 Å². The van der Waals surface area contributed by atoms with Crippen molar-refractivity contribution in [2.45, 2.75) is 69.6 Å². The standard InChI is InChI=1S/C19H28FN5O5/c1-2-3-4-5-6-7-15(28)29-17-16(20)18(25-9-8-13(21)10-14(25)27)30-19(17,12-26)11-23-24-22/h8-10,16-18,26H,2-7,11-12,21H2,1H3/t16-,17+,18-,19-/m1/s1. The van der Waals surface area contributed by atoms with E-state index < -0.39 is 48.8 Å². The number of hydrogen-bond donors (Lipinski definition) is 2. The van der Waals surface area contributed by atoms with E-state index in [1.165, 1.54) is 12.3 Å². The highest BCUT2D eigenvalue weighted by Crippen LogP contribution is 2.41. The molecule has 1 saturated heterocycles. The maximum atomic E-state index is 15.3. The van der Waals surface area contributed by atoms with Crippen molar-refractivity contribution < 1.29 is 23.8 Å². The monoisotopic (exact) mass is 425 g/mol. The topological polar surface area (TPSA) is 153 Å². The molecule has 0 amide bonds. The first-order valence-corrected chi connectivity index (χ1v) is 9.99. The van der Waals surface area contributed by atoms with Gasteiger partial charge in [0.1, 0.15) is 5.60 Å². The quantitative estimate of drug-likeness (QED) is 0.183. The second-order valence-electron chi connectivity index (χ2n) is 7.34. The van der Waals surface area contributed by atoms with E-state index in [0.717, 1.165) is 36.3 Å². The van der Waals surface area contributed by atoms with Crippen LogP contribution in [0, 0.1) is 0 Å².